The van der Waals surface area contributed by atoms with E-state index in [0.717, 1.165) is 51.6 Å². The van der Waals surface area contributed by atoms with Crippen LogP contribution in [0.2, 0.25) is 5.02 Å². The molecule has 3 aromatic heterocycles. The molecule has 3 N–H and O–H groups in total. The number of nitrogens with one attached hydrogen (secondary N) is 1. The highest BCUT2D eigenvalue weighted by atomic mass is 35.5. The summed E-state index contributed by atoms with van der Waals surface area (Å²) < 4.78 is 2.35. The number of likely N-dealkylation sites (N-methyl/N-ethyl adjacent to an activating group) is 1. The first-order valence-electron chi connectivity index (χ1n) is 14.4. The highest BCUT2D eigenvalue weighted by molar-refractivity contribution is 6.31. The summed E-state index contributed by atoms with van der Waals surface area (Å²) >= 11 is 6.09. The lowest BCUT2D eigenvalue weighted by Gasteiger charge is -2.41. The van der Waals surface area contributed by atoms with E-state index in [-0.39, 0.29) is 0 Å². The van der Waals surface area contributed by atoms with Gasteiger partial charge in [0.05, 0.1) is 10.9 Å². The van der Waals surface area contributed by atoms with Crippen LogP contribution in [0.1, 0.15) is 31.7 Å². The van der Waals surface area contributed by atoms with E-state index in [1.807, 2.05) is 30.3 Å². The molecule has 2 aromatic carbocycles. The lowest BCUT2D eigenvalue weighted by Crippen LogP contribution is -2.49. The van der Waals surface area contributed by atoms with Gasteiger partial charge in [-0.1, -0.05) is 23.7 Å². The molecule has 7 rings (SSSR count). The lowest BCUT2D eigenvalue weighted by atomic mass is 9.89. The number of fused-ring (bicyclic) bond motifs is 2. The van der Waals surface area contributed by atoms with Crippen molar-refractivity contribution in [3.05, 3.63) is 66.2 Å². The molecule has 0 atom stereocenters. The van der Waals surface area contributed by atoms with Crippen LogP contribution in [0.4, 0.5) is 17.5 Å². The lowest BCUT2D eigenvalue weighted by molar-refractivity contribution is 0.0828. The minimum atomic E-state index is 0.408. The summed E-state index contributed by atoms with van der Waals surface area (Å²) in [5.74, 6) is 1.05. The van der Waals surface area contributed by atoms with Crippen LogP contribution in [0.25, 0.3) is 33.1 Å². The molecule has 2 fully saturated rings. The molecule has 210 valence electrons. The summed E-state index contributed by atoms with van der Waals surface area (Å²) in [6.45, 7) is 4.69. The number of nitrogens with two attached hydrogens (primary N) is 1. The Labute approximate surface area is 244 Å². The maximum Gasteiger partial charge on any atom is 0.227 e. The molecule has 10 heteroatoms. The van der Waals surface area contributed by atoms with Crippen molar-refractivity contribution in [1.29, 1.82) is 0 Å². The molecule has 0 bridgehead atoms. The van der Waals surface area contributed by atoms with Crippen LogP contribution < -0.4 is 11.1 Å². The number of hydrogen-bond acceptors (Lipinski definition) is 8. The van der Waals surface area contributed by atoms with Crippen LogP contribution >= 0.6 is 11.6 Å². The number of nitrogen functional groups attached to an aromatic ring is 1. The Balaban J connectivity index is 1.11. The van der Waals surface area contributed by atoms with Crippen LogP contribution in [0, 0.1) is 0 Å². The minimum Gasteiger partial charge on any atom is -0.383 e. The van der Waals surface area contributed by atoms with Crippen LogP contribution in [-0.2, 0) is 0 Å². The average molecular weight is 568 g/mol. The highest BCUT2D eigenvalue weighted by Crippen LogP contribution is 2.39. The zero-order chi connectivity index (χ0) is 27.9. The maximum absolute atomic E-state index is 6.44. The zero-order valence-corrected chi connectivity index (χ0v) is 23.9. The second-order valence-corrected chi connectivity index (χ2v) is 11.7. The molecule has 9 nitrogen and oxygen atoms in total. The Kier molecular flexibility index (Phi) is 6.94. The molecule has 0 unspecified atom stereocenters. The van der Waals surface area contributed by atoms with Gasteiger partial charge in [-0.25, -0.2) is 19.9 Å². The number of hydrogen-bond donors (Lipinski definition) is 2. The number of benzene rings is 2. The van der Waals surface area contributed by atoms with E-state index in [1.165, 1.54) is 39.0 Å². The molecule has 1 aliphatic carbocycles. The molecule has 1 saturated carbocycles. The van der Waals surface area contributed by atoms with Crippen molar-refractivity contribution in [3.63, 3.8) is 0 Å². The van der Waals surface area contributed by atoms with Gasteiger partial charge in [0.15, 0.2) is 0 Å². The topological polar surface area (TPSA) is 101 Å². The smallest absolute Gasteiger partial charge is 0.227 e. The van der Waals surface area contributed by atoms with Crippen molar-refractivity contribution in [1.82, 2.24) is 34.3 Å². The predicted octanol–water partition coefficient (Wildman–Crippen LogP) is 5.75. The Morgan fingerprint density at radius 1 is 0.902 bits per heavy atom. The molecule has 2 aliphatic rings. The monoisotopic (exact) mass is 567 g/mol. The molecule has 4 heterocycles. The summed E-state index contributed by atoms with van der Waals surface area (Å²) in [7, 11) is 2.22. The average Bonchev–Trinajstić information content (AvgIpc) is 3.39. The number of anilines is 3. The standard InChI is InChI=1S/C31H34ClN9/c1-39-12-14-40(15-13-39)24-7-9-25(10-8-24)41-18-26(28-29(33)35-19-36-30(28)41)20-2-5-23(6-3-20)37-31-34-17-21-16-22(32)4-11-27(21)38-31/h2-6,11,16-19,24-25H,7-10,12-15H2,1H3,(H2,33,35,36)(H,34,37,38)/t24-,25-. The van der Waals surface area contributed by atoms with Crippen LogP contribution in [0.3, 0.4) is 0 Å². The van der Waals surface area contributed by atoms with E-state index in [1.54, 1.807) is 12.5 Å². The van der Waals surface area contributed by atoms with Gasteiger partial charge in [-0.05, 0) is 68.6 Å². The van der Waals surface area contributed by atoms with Gasteiger partial charge in [-0.15, -0.1) is 0 Å². The summed E-state index contributed by atoms with van der Waals surface area (Å²) in [4.78, 5) is 23.2. The third kappa shape index (κ3) is 5.21. The number of aromatic nitrogens is 5. The molecule has 5 aromatic rings. The van der Waals surface area contributed by atoms with Crippen LogP contribution in [0.5, 0.6) is 0 Å². The summed E-state index contributed by atoms with van der Waals surface area (Å²) in [6.07, 6.45) is 10.3. The third-order valence-corrected chi connectivity index (χ3v) is 8.98. The van der Waals surface area contributed by atoms with E-state index in [4.69, 9.17) is 22.3 Å². The van der Waals surface area contributed by atoms with Gasteiger partial charge in [-0.2, -0.15) is 0 Å². The largest absolute Gasteiger partial charge is 0.383 e. The van der Waals surface area contributed by atoms with Gasteiger partial charge in [0.2, 0.25) is 5.95 Å². The normalized spacial score (nSPS) is 20.5. The van der Waals surface area contributed by atoms with Gasteiger partial charge >= 0.3 is 0 Å². The van der Waals surface area contributed by atoms with Crippen molar-refractivity contribution >= 4 is 51.0 Å². The van der Waals surface area contributed by atoms with Crippen molar-refractivity contribution in [2.45, 2.75) is 37.8 Å². The first kappa shape index (κ1) is 26.1. The fraction of sp³-hybridized carbons (Fsp3) is 0.355. The highest BCUT2D eigenvalue weighted by Gasteiger charge is 2.30. The Morgan fingerprint density at radius 3 is 2.44 bits per heavy atom. The van der Waals surface area contributed by atoms with Crippen LogP contribution in [0.15, 0.2) is 61.2 Å². The summed E-state index contributed by atoms with van der Waals surface area (Å²) in [5, 5.41) is 5.81. The van der Waals surface area contributed by atoms with Gasteiger partial charge in [-0.3, -0.25) is 4.90 Å². The van der Waals surface area contributed by atoms with E-state index in [2.05, 4.69) is 60.0 Å². The molecule has 0 amide bonds. The van der Waals surface area contributed by atoms with E-state index in [9.17, 15) is 0 Å². The second kappa shape index (κ2) is 10.9. The van der Waals surface area contributed by atoms with Gasteiger partial charge < -0.3 is 20.5 Å². The molecular weight excluding hydrogens is 534 g/mol. The summed E-state index contributed by atoms with van der Waals surface area (Å²) in [5.41, 5.74) is 11.2. The SMILES string of the molecule is CN1CCN([C@H]2CC[C@H](n3cc(-c4ccc(Nc5ncc6cc(Cl)ccc6n5)cc4)c4c(N)ncnc43)CC2)CC1. The van der Waals surface area contributed by atoms with Gasteiger partial charge in [0.25, 0.3) is 0 Å². The molecule has 41 heavy (non-hydrogen) atoms. The summed E-state index contributed by atoms with van der Waals surface area (Å²) in [6, 6.07) is 15.0. The number of piperazine rings is 1. The van der Waals surface area contributed by atoms with E-state index >= 15 is 0 Å². The molecule has 1 aliphatic heterocycles. The third-order valence-electron chi connectivity index (χ3n) is 8.75. The quantitative estimate of drug-likeness (QED) is 0.277. The Hall–Kier alpha value is -3.79. The number of rotatable bonds is 5. The number of halogens is 1. The van der Waals surface area contributed by atoms with Gasteiger partial charge in [0.1, 0.15) is 17.8 Å². The number of nitrogens with zero attached hydrogens (tertiary/aromatic N) is 7. The first-order valence-corrected chi connectivity index (χ1v) is 14.7. The zero-order valence-electron chi connectivity index (χ0n) is 23.2. The Morgan fingerprint density at radius 2 is 1.66 bits per heavy atom. The van der Waals surface area contributed by atoms with Crippen molar-refractivity contribution in [2.24, 2.45) is 0 Å². The fourth-order valence-electron chi connectivity index (χ4n) is 6.42. The second-order valence-electron chi connectivity index (χ2n) is 11.3. The predicted molar refractivity (Wildman–Crippen MR) is 166 cm³/mol. The maximum atomic E-state index is 6.44. The molecule has 0 spiro atoms. The van der Waals surface area contributed by atoms with Crippen molar-refractivity contribution in [3.8, 4) is 11.1 Å². The van der Waals surface area contributed by atoms with E-state index < -0.39 is 0 Å². The van der Waals surface area contributed by atoms with E-state index in [0.29, 0.717) is 28.9 Å². The molecule has 1 saturated heterocycles. The minimum absolute atomic E-state index is 0.408. The van der Waals surface area contributed by atoms with Crippen molar-refractivity contribution in [2.75, 3.05) is 44.3 Å². The Bertz CT molecular complexity index is 1680. The molecule has 0 radical (unpaired) electrons. The first-order chi connectivity index (χ1) is 20.0. The fourth-order valence-corrected chi connectivity index (χ4v) is 6.60. The van der Waals surface area contributed by atoms with Gasteiger partial charge in [0, 0.05) is 72.3 Å². The van der Waals surface area contributed by atoms with Crippen LogP contribution in [-0.4, -0.2) is 73.6 Å². The molecular formula is C31H34ClN9. The van der Waals surface area contributed by atoms with Crippen molar-refractivity contribution < 1.29 is 0 Å².